The first-order chi connectivity index (χ1) is 11.2. The van der Waals surface area contributed by atoms with Crippen LogP contribution in [0.25, 0.3) is 10.9 Å². The van der Waals surface area contributed by atoms with E-state index in [-0.39, 0.29) is 5.91 Å². The number of aromatic nitrogens is 1. The summed E-state index contributed by atoms with van der Waals surface area (Å²) in [6.07, 6.45) is 0. The summed E-state index contributed by atoms with van der Waals surface area (Å²) >= 11 is 3.53. The number of carbonyl (C=O) groups is 1. The fourth-order valence-corrected chi connectivity index (χ4v) is 2.79. The summed E-state index contributed by atoms with van der Waals surface area (Å²) in [5, 5.41) is 7.02. The number of hydrogen-bond acceptors (Lipinski definition) is 3. The van der Waals surface area contributed by atoms with Crippen LogP contribution in [0.3, 0.4) is 0 Å². The smallest absolute Gasteiger partial charge is 0.251 e. The van der Waals surface area contributed by atoms with Crippen molar-refractivity contribution in [2.75, 3.05) is 12.4 Å². The highest BCUT2D eigenvalue weighted by molar-refractivity contribution is 9.10. The monoisotopic (exact) mass is 369 g/mol. The lowest BCUT2D eigenvalue weighted by molar-refractivity contribution is 0.0963. The van der Waals surface area contributed by atoms with E-state index in [2.05, 4.69) is 31.5 Å². The van der Waals surface area contributed by atoms with Crippen molar-refractivity contribution >= 4 is 38.6 Å². The fourth-order valence-electron chi connectivity index (χ4n) is 2.32. The topological polar surface area (TPSA) is 54.0 Å². The molecule has 0 aliphatic heterocycles. The Kier molecular flexibility index (Phi) is 4.57. The quantitative estimate of drug-likeness (QED) is 0.731. The highest BCUT2D eigenvalue weighted by atomic mass is 79.9. The van der Waals surface area contributed by atoms with Gasteiger partial charge in [-0.1, -0.05) is 24.3 Å². The average molecular weight is 370 g/mol. The number of amides is 1. The van der Waals surface area contributed by atoms with Gasteiger partial charge in [0.15, 0.2) is 0 Å². The number of para-hydroxylation sites is 1. The van der Waals surface area contributed by atoms with Gasteiger partial charge in [-0.3, -0.25) is 4.79 Å². The van der Waals surface area contributed by atoms with Gasteiger partial charge < -0.3 is 10.6 Å². The molecule has 5 heteroatoms. The van der Waals surface area contributed by atoms with Crippen molar-refractivity contribution in [3.8, 4) is 0 Å². The number of anilines is 1. The third kappa shape index (κ3) is 3.51. The van der Waals surface area contributed by atoms with Crippen LogP contribution >= 0.6 is 15.9 Å². The molecule has 0 saturated carbocycles. The second-order valence-corrected chi connectivity index (χ2v) is 5.99. The van der Waals surface area contributed by atoms with Gasteiger partial charge in [0.2, 0.25) is 0 Å². The van der Waals surface area contributed by atoms with Gasteiger partial charge in [-0.2, -0.15) is 0 Å². The molecule has 1 aromatic heterocycles. The van der Waals surface area contributed by atoms with Crippen molar-refractivity contribution in [2.45, 2.75) is 6.54 Å². The fraction of sp³-hybridized carbons (Fsp3) is 0.111. The molecule has 3 rings (SSSR count). The van der Waals surface area contributed by atoms with E-state index in [4.69, 9.17) is 0 Å². The lowest BCUT2D eigenvalue weighted by atomic mass is 10.1. The minimum Gasteiger partial charge on any atom is -0.366 e. The zero-order chi connectivity index (χ0) is 16.2. The van der Waals surface area contributed by atoms with E-state index >= 15 is 0 Å². The van der Waals surface area contributed by atoms with Crippen LogP contribution in [0.15, 0.2) is 59.1 Å². The molecule has 3 aromatic rings. The largest absolute Gasteiger partial charge is 0.366 e. The first-order valence-corrected chi connectivity index (χ1v) is 8.07. The molecule has 2 N–H and O–H groups in total. The second kappa shape index (κ2) is 6.79. The number of pyridine rings is 1. The predicted octanol–water partition coefficient (Wildman–Crippen LogP) is 3.97. The summed E-state index contributed by atoms with van der Waals surface area (Å²) in [5.41, 5.74) is 2.68. The molecule has 23 heavy (non-hydrogen) atoms. The van der Waals surface area contributed by atoms with E-state index in [1.165, 1.54) is 0 Å². The molecular formula is C18H16BrN3O. The highest BCUT2D eigenvalue weighted by Gasteiger charge is 2.04. The number of halogens is 1. The van der Waals surface area contributed by atoms with Gasteiger partial charge in [0.05, 0.1) is 5.52 Å². The molecule has 0 unspecified atom stereocenters. The molecule has 0 aliphatic carbocycles. The molecule has 0 radical (unpaired) electrons. The van der Waals surface area contributed by atoms with E-state index in [0.29, 0.717) is 12.1 Å². The maximum Gasteiger partial charge on any atom is 0.251 e. The molecule has 4 nitrogen and oxygen atoms in total. The van der Waals surface area contributed by atoms with Gasteiger partial charge >= 0.3 is 0 Å². The average Bonchev–Trinajstić information content (AvgIpc) is 2.60. The summed E-state index contributed by atoms with van der Waals surface area (Å²) in [5.74, 6) is 0.741. The number of nitrogens with one attached hydrogen (secondary N) is 2. The zero-order valence-corrected chi connectivity index (χ0v) is 14.2. The molecule has 1 amide bonds. The van der Waals surface area contributed by atoms with Crippen molar-refractivity contribution in [2.24, 2.45) is 0 Å². The third-order valence-corrected chi connectivity index (χ3v) is 4.23. The number of hydrogen-bond donors (Lipinski definition) is 2. The Hall–Kier alpha value is -2.40. The first-order valence-electron chi connectivity index (χ1n) is 7.27. The molecule has 1 heterocycles. The van der Waals surface area contributed by atoms with E-state index in [0.717, 1.165) is 26.8 Å². The van der Waals surface area contributed by atoms with Crippen molar-refractivity contribution in [3.05, 3.63) is 70.2 Å². The number of benzene rings is 2. The summed E-state index contributed by atoms with van der Waals surface area (Å²) in [4.78, 5) is 16.1. The first kappa shape index (κ1) is 15.5. The number of rotatable bonds is 4. The predicted molar refractivity (Wildman–Crippen MR) is 96.6 cm³/mol. The lowest BCUT2D eigenvalue weighted by Crippen LogP contribution is -2.17. The Balaban J connectivity index is 1.73. The molecule has 0 atom stereocenters. The normalized spacial score (nSPS) is 10.5. The van der Waals surface area contributed by atoms with Crippen LogP contribution in [0.4, 0.5) is 5.82 Å². The molecule has 0 bridgehead atoms. The number of carbonyl (C=O) groups excluding carboxylic acids is 1. The Bertz CT molecular complexity index is 847. The molecular weight excluding hydrogens is 354 g/mol. The Morgan fingerprint density at radius 2 is 1.87 bits per heavy atom. The van der Waals surface area contributed by atoms with Crippen LogP contribution in [0.2, 0.25) is 0 Å². The number of nitrogens with zero attached hydrogens (tertiary/aromatic N) is 1. The summed E-state index contributed by atoms with van der Waals surface area (Å²) in [6, 6.07) is 17.5. The van der Waals surface area contributed by atoms with E-state index in [9.17, 15) is 4.79 Å². The number of fused-ring (bicyclic) bond motifs is 1. The maximum absolute atomic E-state index is 11.5. The van der Waals surface area contributed by atoms with Gasteiger partial charge in [-0.15, -0.1) is 0 Å². The van der Waals surface area contributed by atoms with Crippen molar-refractivity contribution < 1.29 is 4.79 Å². The Labute approximate surface area is 143 Å². The molecule has 0 fully saturated rings. The summed E-state index contributed by atoms with van der Waals surface area (Å²) in [6.45, 7) is 0.650. The third-order valence-electron chi connectivity index (χ3n) is 3.59. The van der Waals surface area contributed by atoms with Crippen molar-refractivity contribution in [1.29, 1.82) is 0 Å². The van der Waals surface area contributed by atoms with Crippen LogP contribution in [0.5, 0.6) is 0 Å². The van der Waals surface area contributed by atoms with Crippen LogP contribution < -0.4 is 10.6 Å². The van der Waals surface area contributed by atoms with Crippen LogP contribution in [-0.4, -0.2) is 17.9 Å². The van der Waals surface area contributed by atoms with E-state index in [1.54, 1.807) is 7.05 Å². The molecule has 0 spiro atoms. The minimum atomic E-state index is -0.0782. The Morgan fingerprint density at radius 1 is 1.09 bits per heavy atom. The second-order valence-electron chi connectivity index (χ2n) is 5.14. The molecule has 116 valence electrons. The summed E-state index contributed by atoms with van der Waals surface area (Å²) in [7, 11) is 1.63. The van der Waals surface area contributed by atoms with Gasteiger partial charge in [0.1, 0.15) is 5.82 Å². The minimum absolute atomic E-state index is 0.0782. The van der Waals surface area contributed by atoms with Gasteiger partial charge in [0.25, 0.3) is 5.91 Å². The van der Waals surface area contributed by atoms with Gasteiger partial charge in [-0.05, 0) is 51.8 Å². The zero-order valence-electron chi connectivity index (χ0n) is 12.6. The van der Waals surface area contributed by atoms with E-state index in [1.807, 2.05) is 54.6 Å². The standard InChI is InChI=1S/C18H16BrN3O/c1-20-18(23)14-7-5-12(6-8-14)11-21-16-10-9-13-3-2-4-15(19)17(13)22-16/h2-10H,11H2,1H3,(H,20,23)(H,21,22). The molecule has 0 saturated heterocycles. The lowest BCUT2D eigenvalue weighted by Gasteiger charge is -2.08. The van der Waals surface area contributed by atoms with Crippen LogP contribution in [-0.2, 0) is 6.54 Å². The van der Waals surface area contributed by atoms with E-state index < -0.39 is 0 Å². The Morgan fingerprint density at radius 3 is 2.61 bits per heavy atom. The molecule has 2 aromatic carbocycles. The summed E-state index contributed by atoms with van der Waals surface area (Å²) < 4.78 is 0.980. The van der Waals surface area contributed by atoms with Crippen LogP contribution in [0, 0.1) is 0 Å². The SMILES string of the molecule is CNC(=O)c1ccc(CNc2ccc3cccc(Br)c3n2)cc1. The highest BCUT2D eigenvalue weighted by Crippen LogP contribution is 2.23. The maximum atomic E-state index is 11.5. The van der Waals surface area contributed by atoms with Crippen molar-refractivity contribution in [1.82, 2.24) is 10.3 Å². The van der Waals surface area contributed by atoms with Gasteiger partial charge in [0, 0.05) is 29.0 Å². The van der Waals surface area contributed by atoms with Crippen molar-refractivity contribution in [3.63, 3.8) is 0 Å². The van der Waals surface area contributed by atoms with Gasteiger partial charge in [-0.25, -0.2) is 4.98 Å². The molecule has 0 aliphatic rings. The van der Waals surface area contributed by atoms with Crippen LogP contribution in [0.1, 0.15) is 15.9 Å².